The normalized spacial score (nSPS) is 10.6. The van der Waals surface area contributed by atoms with E-state index in [2.05, 4.69) is 29.5 Å². The quantitative estimate of drug-likeness (QED) is 0.651. The van der Waals surface area contributed by atoms with Crippen LogP contribution >= 0.6 is 0 Å². The van der Waals surface area contributed by atoms with E-state index in [0.29, 0.717) is 23.9 Å². The highest BCUT2D eigenvalue weighted by molar-refractivity contribution is 5.99. The summed E-state index contributed by atoms with van der Waals surface area (Å²) in [6, 6.07) is 14.1. The van der Waals surface area contributed by atoms with Gasteiger partial charge >= 0.3 is 6.03 Å². The first kappa shape index (κ1) is 20.1. The van der Waals surface area contributed by atoms with Crippen molar-refractivity contribution in [2.24, 2.45) is 0 Å². The smallest absolute Gasteiger partial charge is 0.325 e. The van der Waals surface area contributed by atoms with Gasteiger partial charge in [0, 0.05) is 23.8 Å². The average molecular weight is 392 g/mol. The Labute approximate surface area is 169 Å². The van der Waals surface area contributed by atoms with Crippen molar-refractivity contribution >= 4 is 17.5 Å². The highest BCUT2D eigenvalue weighted by Gasteiger charge is 2.11. The Morgan fingerprint density at radius 3 is 2.38 bits per heavy atom. The Bertz CT molecular complexity index is 1030. The molecule has 0 fully saturated rings. The molecule has 0 aliphatic heterocycles. The summed E-state index contributed by atoms with van der Waals surface area (Å²) in [4.78, 5) is 29.0. The summed E-state index contributed by atoms with van der Waals surface area (Å²) >= 11 is 0. The van der Waals surface area contributed by atoms with Crippen LogP contribution in [0.3, 0.4) is 0 Å². The first-order valence-electron chi connectivity index (χ1n) is 9.46. The van der Waals surface area contributed by atoms with Crippen molar-refractivity contribution < 1.29 is 9.53 Å². The molecular weight excluding hydrogens is 368 g/mol. The van der Waals surface area contributed by atoms with Crippen LogP contribution in [0, 0.1) is 0 Å². The summed E-state index contributed by atoms with van der Waals surface area (Å²) in [6.07, 6.45) is 3.05. The van der Waals surface area contributed by atoms with Crippen LogP contribution in [0.1, 0.15) is 32.3 Å². The molecule has 1 aromatic heterocycles. The molecule has 0 bridgehead atoms. The van der Waals surface area contributed by atoms with Crippen LogP contribution in [0.25, 0.3) is 5.69 Å². The number of amides is 2. The Hall–Kier alpha value is -3.61. The number of carbonyl (C=O) groups excluding carboxylic acids is 1. The molecule has 0 radical (unpaired) electrons. The van der Waals surface area contributed by atoms with Gasteiger partial charge in [-0.15, -0.1) is 0 Å². The molecule has 0 atom stereocenters. The zero-order valence-electron chi connectivity index (χ0n) is 16.7. The second kappa shape index (κ2) is 9.05. The van der Waals surface area contributed by atoms with Crippen LogP contribution < -0.4 is 20.9 Å². The molecule has 29 heavy (non-hydrogen) atoms. The van der Waals surface area contributed by atoms with Crippen LogP contribution in [0.4, 0.5) is 16.3 Å². The molecular formula is C22H24N4O3. The molecule has 2 amide bonds. The van der Waals surface area contributed by atoms with Crippen molar-refractivity contribution in [1.82, 2.24) is 9.55 Å². The number of nitrogens with zero attached hydrogens (tertiary/aromatic N) is 2. The summed E-state index contributed by atoms with van der Waals surface area (Å²) in [5.74, 6) is 1.07. The third-order valence-electron chi connectivity index (χ3n) is 4.33. The summed E-state index contributed by atoms with van der Waals surface area (Å²) in [5.41, 5.74) is 2.05. The van der Waals surface area contributed by atoms with Gasteiger partial charge in [0.1, 0.15) is 5.75 Å². The van der Waals surface area contributed by atoms with Crippen LogP contribution in [0.2, 0.25) is 0 Å². The summed E-state index contributed by atoms with van der Waals surface area (Å²) in [6.45, 7) is 6.69. The zero-order chi connectivity index (χ0) is 20.8. The number of hydrogen-bond acceptors (Lipinski definition) is 4. The molecule has 3 rings (SSSR count). The topological polar surface area (TPSA) is 85.2 Å². The summed E-state index contributed by atoms with van der Waals surface area (Å²) in [5, 5.41) is 5.18. The largest absolute Gasteiger partial charge is 0.494 e. The lowest BCUT2D eigenvalue weighted by molar-refractivity contribution is 0.262. The van der Waals surface area contributed by atoms with E-state index in [1.807, 2.05) is 31.2 Å². The second-order valence-corrected chi connectivity index (χ2v) is 6.73. The number of aromatic nitrogens is 2. The number of anilines is 2. The van der Waals surface area contributed by atoms with Crippen LogP contribution in [-0.2, 0) is 0 Å². The molecule has 0 saturated carbocycles. The molecule has 1 heterocycles. The van der Waals surface area contributed by atoms with Gasteiger partial charge in [-0.3, -0.25) is 14.7 Å². The Morgan fingerprint density at radius 2 is 1.76 bits per heavy atom. The number of rotatable bonds is 6. The number of carbonyl (C=O) groups is 1. The van der Waals surface area contributed by atoms with Crippen LogP contribution in [0.5, 0.6) is 5.75 Å². The monoisotopic (exact) mass is 392 g/mol. The van der Waals surface area contributed by atoms with Crippen molar-refractivity contribution in [3.05, 3.63) is 76.8 Å². The molecule has 0 spiro atoms. The van der Waals surface area contributed by atoms with Crippen LogP contribution in [-0.4, -0.2) is 22.2 Å². The highest BCUT2D eigenvalue weighted by Crippen LogP contribution is 2.17. The van der Waals surface area contributed by atoms with Gasteiger partial charge in [0.05, 0.1) is 6.61 Å². The number of nitrogens with one attached hydrogen (secondary N) is 2. The van der Waals surface area contributed by atoms with E-state index >= 15 is 0 Å². The van der Waals surface area contributed by atoms with Gasteiger partial charge < -0.3 is 10.1 Å². The minimum absolute atomic E-state index is 0.0520. The van der Waals surface area contributed by atoms with E-state index in [1.54, 1.807) is 30.5 Å². The maximum atomic E-state index is 12.7. The Kier molecular flexibility index (Phi) is 6.29. The van der Waals surface area contributed by atoms with Gasteiger partial charge in [-0.05, 0) is 54.8 Å². The predicted octanol–water partition coefficient (Wildman–Crippen LogP) is 4.40. The number of hydrogen-bond donors (Lipinski definition) is 2. The van der Waals surface area contributed by atoms with E-state index in [-0.39, 0.29) is 5.82 Å². The molecule has 0 unspecified atom stereocenters. The van der Waals surface area contributed by atoms with Crippen molar-refractivity contribution in [2.75, 3.05) is 17.2 Å². The number of benzene rings is 2. The first-order valence-corrected chi connectivity index (χ1v) is 9.46. The molecule has 2 aromatic carbocycles. The minimum atomic E-state index is -0.549. The first-order chi connectivity index (χ1) is 14.0. The molecule has 7 heteroatoms. The van der Waals surface area contributed by atoms with Gasteiger partial charge in [0.15, 0.2) is 0 Å². The molecule has 7 nitrogen and oxygen atoms in total. The highest BCUT2D eigenvalue weighted by atomic mass is 16.5. The maximum absolute atomic E-state index is 12.7. The Balaban J connectivity index is 1.73. The standard InChI is InChI=1S/C22H24N4O3/c1-4-29-19-11-7-17(8-12-19)24-22(28)25-20-21(27)26(14-13-23-20)18-9-5-16(6-10-18)15(2)3/h5-15H,4H2,1-3H3,(H2,23,24,25,28). The van der Waals surface area contributed by atoms with E-state index in [0.717, 1.165) is 5.75 Å². The zero-order valence-corrected chi connectivity index (χ0v) is 16.7. The van der Waals surface area contributed by atoms with Crippen molar-refractivity contribution in [2.45, 2.75) is 26.7 Å². The third-order valence-corrected chi connectivity index (χ3v) is 4.33. The molecule has 2 N–H and O–H groups in total. The van der Waals surface area contributed by atoms with E-state index in [9.17, 15) is 9.59 Å². The number of urea groups is 1. The predicted molar refractivity (Wildman–Crippen MR) is 114 cm³/mol. The van der Waals surface area contributed by atoms with E-state index in [1.165, 1.54) is 16.3 Å². The van der Waals surface area contributed by atoms with Crippen molar-refractivity contribution in [1.29, 1.82) is 0 Å². The van der Waals surface area contributed by atoms with Gasteiger partial charge in [-0.1, -0.05) is 26.0 Å². The second-order valence-electron chi connectivity index (χ2n) is 6.73. The molecule has 0 aliphatic rings. The third kappa shape index (κ3) is 5.01. The lowest BCUT2D eigenvalue weighted by atomic mass is 10.0. The van der Waals surface area contributed by atoms with Crippen LogP contribution in [0.15, 0.2) is 65.7 Å². The van der Waals surface area contributed by atoms with E-state index in [4.69, 9.17) is 4.74 Å². The molecule has 3 aromatic rings. The van der Waals surface area contributed by atoms with E-state index < -0.39 is 11.6 Å². The molecule has 150 valence electrons. The van der Waals surface area contributed by atoms with Gasteiger partial charge in [-0.2, -0.15) is 0 Å². The lowest BCUT2D eigenvalue weighted by Crippen LogP contribution is -2.28. The fourth-order valence-electron chi connectivity index (χ4n) is 2.79. The number of ether oxygens (including phenoxy) is 1. The summed E-state index contributed by atoms with van der Waals surface area (Å²) in [7, 11) is 0. The molecule has 0 aliphatic carbocycles. The van der Waals surface area contributed by atoms with Crippen molar-refractivity contribution in [3.63, 3.8) is 0 Å². The van der Waals surface area contributed by atoms with Gasteiger partial charge in [0.2, 0.25) is 5.82 Å². The maximum Gasteiger partial charge on any atom is 0.325 e. The fraction of sp³-hybridized carbons (Fsp3) is 0.227. The van der Waals surface area contributed by atoms with Crippen molar-refractivity contribution in [3.8, 4) is 11.4 Å². The summed E-state index contributed by atoms with van der Waals surface area (Å²) < 4.78 is 6.82. The molecule has 0 saturated heterocycles. The average Bonchev–Trinajstić information content (AvgIpc) is 2.71. The van der Waals surface area contributed by atoms with Gasteiger partial charge in [0.25, 0.3) is 5.56 Å². The fourth-order valence-corrected chi connectivity index (χ4v) is 2.79. The lowest BCUT2D eigenvalue weighted by Gasteiger charge is -2.11. The minimum Gasteiger partial charge on any atom is -0.494 e. The Morgan fingerprint density at radius 1 is 1.07 bits per heavy atom. The van der Waals surface area contributed by atoms with Gasteiger partial charge in [-0.25, -0.2) is 9.78 Å². The SMILES string of the molecule is CCOc1ccc(NC(=O)Nc2nccn(-c3ccc(C(C)C)cc3)c2=O)cc1.